The van der Waals surface area contributed by atoms with Crippen LogP contribution in [0.2, 0.25) is 0 Å². The lowest BCUT2D eigenvalue weighted by molar-refractivity contribution is 0.0697. The van der Waals surface area contributed by atoms with Gasteiger partial charge in [-0.05, 0) is 24.6 Å². The molecule has 1 aromatic heterocycles. The number of nitrogens with zero attached hydrogens (tertiary/aromatic N) is 2. The number of aromatic nitrogens is 2. The van der Waals surface area contributed by atoms with Crippen molar-refractivity contribution in [1.29, 1.82) is 0 Å². The second-order valence-corrected chi connectivity index (χ2v) is 5.49. The highest BCUT2D eigenvalue weighted by Crippen LogP contribution is 2.23. The Bertz CT molecular complexity index is 614. The minimum Gasteiger partial charge on any atom is -0.478 e. The fourth-order valence-electron chi connectivity index (χ4n) is 2.47. The Morgan fingerprint density at radius 2 is 2.10 bits per heavy atom. The van der Waals surface area contributed by atoms with Gasteiger partial charge in [-0.3, -0.25) is 0 Å². The van der Waals surface area contributed by atoms with E-state index in [0.29, 0.717) is 11.5 Å². The molecule has 0 amide bonds. The van der Waals surface area contributed by atoms with Crippen molar-refractivity contribution in [3.05, 3.63) is 29.6 Å². The van der Waals surface area contributed by atoms with Gasteiger partial charge in [0.1, 0.15) is 5.82 Å². The fourth-order valence-corrected chi connectivity index (χ4v) is 2.47. The molecule has 0 saturated carbocycles. The number of aromatic carboxylic acids is 1. The first kappa shape index (κ1) is 14.6. The molecule has 1 N–H and O–H groups in total. The molecule has 0 radical (unpaired) electrons. The third-order valence-electron chi connectivity index (χ3n) is 3.53. The fraction of sp³-hybridized carbons (Fsp3) is 0.500. The maximum atomic E-state index is 11.1. The Morgan fingerprint density at radius 1 is 1.35 bits per heavy atom. The normalized spacial score (nSPS) is 11.4. The third kappa shape index (κ3) is 2.84. The van der Waals surface area contributed by atoms with Crippen LogP contribution in [-0.4, -0.2) is 20.6 Å². The Morgan fingerprint density at radius 3 is 2.70 bits per heavy atom. The van der Waals surface area contributed by atoms with Gasteiger partial charge in [-0.2, -0.15) is 0 Å². The summed E-state index contributed by atoms with van der Waals surface area (Å²) in [6.07, 6.45) is 3.44. The number of imidazole rings is 1. The zero-order valence-electron chi connectivity index (χ0n) is 12.4. The molecule has 4 nitrogen and oxygen atoms in total. The number of rotatable bonds is 6. The summed E-state index contributed by atoms with van der Waals surface area (Å²) in [5.41, 5.74) is 2.14. The van der Waals surface area contributed by atoms with Crippen LogP contribution in [0.3, 0.4) is 0 Å². The van der Waals surface area contributed by atoms with Gasteiger partial charge in [0.25, 0.3) is 0 Å². The SMILES string of the molecule is CCCCCn1c(C(C)C)nc2ccc(C(=O)O)cc21. The molecule has 0 spiro atoms. The van der Waals surface area contributed by atoms with Crippen molar-refractivity contribution < 1.29 is 9.90 Å². The summed E-state index contributed by atoms with van der Waals surface area (Å²) in [6.45, 7) is 7.32. The second kappa shape index (κ2) is 6.07. The van der Waals surface area contributed by atoms with Crippen LogP contribution in [0.15, 0.2) is 18.2 Å². The monoisotopic (exact) mass is 274 g/mol. The lowest BCUT2D eigenvalue weighted by Crippen LogP contribution is -2.06. The van der Waals surface area contributed by atoms with Gasteiger partial charge in [-0.25, -0.2) is 9.78 Å². The van der Waals surface area contributed by atoms with Crippen LogP contribution in [-0.2, 0) is 6.54 Å². The number of benzene rings is 1. The van der Waals surface area contributed by atoms with Gasteiger partial charge in [-0.1, -0.05) is 33.6 Å². The van der Waals surface area contributed by atoms with Crippen LogP contribution < -0.4 is 0 Å². The molecule has 0 saturated heterocycles. The second-order valence-electron chi connectivity index (χ2n) is 5.49. The first-order chi connectivity index (χ1) is 9.54. The van der Waals surface area contributed by atoms with E-state index >= 15 is 0 Å². The van der Waals surface area contributed by atoms with Gasteiger partial charge >= 0.3 is 5.97 Å². The maximum Gasteiger partial charge on any atom is 0.335 e. The Balaban J connectivity index is 2.49. The van der Waals surface area contributed by atoms with Crippen molar-refractivity contribution in [2.75, 3.05) is 0 Å². The molecule has 0 fully saturated rings. The molecule has 1 heterocycles. The Hall–Kier alpha value is -1.84. The van der Waals surface area contributed by atoms with E-state index in [1.54, 1.807) is 18.2 Å². The zero-order valence-corrected chi connectivity index (χ0v) is 12.4. The largest absolute Gasteiger partial charge is 0.478 e. The van der Waals surface area contributed by atoms with E-state index in [-0.39, 0.29) is 0 Å². The van der Waals surface area contributed by atoms with Crippen molar-refractivity contribution in [3.8, 4) is 0 Å². The van der Waals surface area contributed by atoms with E-state index in [0.717, 1.165) is 29.8 Å². The molecule has 108 valence electrons. The molecule has 20 heavy (non-hydrogen) atoms. The minimum atomic E-state index is -0.890. The summed E-state index contributed by atoms with van der Waals surface area (Å²) in [4.78, 5) is 15.8. The highest BCUT2D eigenvalue weighted by Gasteiger charge is 2.15. The van der Waals surface area contributed by atoms with Gasteiger partial charge in [-0.15, -0.1) is 0 Å². The summed E-state index contributed by atoms with van der Waals surface area (Å²) in [5.74, 6) is 0.482. The van der Waals surface area contributed by atoms with E-state index in [1.165, 1.54) is 12.8 Å². The van der Waals surface area contributed by atoms with E-state index in [4.69, 9.17) is 5.11 Å². The number of aryl methyl sites for hydroxylation is 1. The molecular formula is C16H22N2O2. The zero-order chi connectivity index (χ0) is 14.7. The van der Waals surface area contributed by atoms with Gasteiger partial charge in [0, 0.05) is 12.5 Å². The van der Waals surface area contributed by atoms with E-state index in [1.807, 2.05) is 0 Å². The molecule has 2 rings (SSSR count). The molecule has 2 aromatic rings. The van der Waals surface area contributed by atoms with Gasteiger partial charge < -0.3 is 9.67 Å². The smallest absolute Gasteiger partial charge is 0.335 e. The highest BCUT2D eigenvalue weighted by molar-refractivity contribution is 5.92. The molecule has 0 unspecified atom stereocenters. The standard InChI is InChI=1S/C16H22N2O2/c1-4-5-6-9-18-14-10-12(16(19)20)7-8-13(14)17-15(18)11(2)3/h7-8,10-11H,4-6,9H2,1-3H3,(H,19,20). The lowest BCUT2D eigenvalue weighted by atomic mass is 10.2. The number of fused-ring (bicyclic) bond motifs is 1. The summed E-state index contributed by atoms with van der Waals surface area (Å²) < 4.78 is 2.18. The van der Waals surface area contributed by atoms with Gasteiger partial charge in [0.15, 0.2) is 0 Å². The van der Waals surface area contributed by atoms with Gasteiger partial charge in [0.05, 0.1) is 16.6 Å². The lowest BCUT2D eigenvalue weighted by Gasteiger charge is -2.11. The number of unbranched alkanes of at least 4 members (excludes halogenated alkanes) is 2. The summed E-state index contributed by atoms with van der Waals surface area (Å²) >= 11 is 0. The average Bonchev–Trinajstić information content (AvgIpc) is 2.77. The average molecular weight is 274 g/mol. The highest BCUT2D eigenvalue weighted by atomic mass is 16.4. The molecule has 4 heteroatoms. The Labute approximate surface area is 119 Å². The minimum absolute atomic E-state index is 0.324. The Kier molecular flexibility index (Phi) is 4.42. The van der Waals surface area contributed by atoms with Crippen LogP contribution in [0.4, 0.5) is 0 Å². The summed E-state index contributed by atoms with van der Waals surface area (Å²) in [5, 5.41) is 9.14. The molecule has 1 aromatic carbocycles. The third-order valence-corrected chi connectivity index (χ3v) is 3.53. The van der Waals surface area contributed by atoms with Crippen molar-refractivity contribution in [2.45, 2.75) is 52.5 Å². The molecule has 0 aliphatic heterocycles. The van der Waals surface area contributed by atoms with E-state index in [2.05, 4.69) is 30.3 Å². The molecule has 0 aliphatic rings. The summed E-state index contributed by atoms with van der Waals surface area (Å²) in [6, 6.07) is 5.17. The summed E-state index contributed by atoms with van der Waals surface area (Å²) in [7, 11) is 0. The van der Waals surface area contributed by atoms with E-state index < -0.39 is 5.97 Å². The first-order valence-electron chi connectivity index (χ1n) is 7.28. The number of carboxylic acids is 1. The van der Waals surface area contributed by atoms with E-state index in [9.17, 15) is 4.79 Å². The predicted molar refractivity (Wildman–Crippen MR) is 80.3 cm³/mol. The number of carboxylic acid groups (broad SMARTS) is 1. The van der Waals surface area contributed by atoms with Gasteiger partial charge in [0.2, 0.25) is 0 Å². The maximum absolute atomic E-state index is 11.1. The van der Waals surface area contributed by atoms with Crippen molar-refractivity contribution in [2.24, 2.45) is 0 Å². The first-order valence-corrected chi connectivity index (χ1v) is 7.28. The number of hydrogen-bond acceptors (Lipinski definition) is 2. The van der Waals surface area contributed by atoms with Crippen molar-refractivity contribution >= 4 is 17.0 Å². The van der Waals surface area contributed by atoms with Crippen LogP contribution in [0.5, 0.6) is 0 Å². The van der Waals surface area contributed by atoms with Crippen molar-refractivity contribution in [1.82, 2.24) is 9.55 Å². The topological polar surface area (TPSA) is 55.1 Å². The number of carbonyl (C=O) groups is 1. The van der Waals surface area contributed by atoms with Crippen LogP contribution in [0.25, 0.3) is 11.0 Å². The number of hydrogen-bond donors (Lipinski definition) is 1. The van der Waals surface area contributed by atoms with Crippen LogP contribution >= 0.6 is 0 Å². The predicted octanol–water partition coefficient (Wildman–Crippen LogP) is 4.05. The van der Waals surface area contributed by atoms with Crippen LogP contribution in [0, 0.1) is 0 Å². The van der Waals surface area contributed by atoms with Crippen LogP contribution in [0.1, 0.15) is 62.1 Å². The van der Waals surface area contributed by atoms with Crippen molar-refractivity contribution in [3.63, 3.8) is 0 Å². The molecular weight excluding hydrogens is 252 g/mol. The molecule has 0 aliphatic carbocycles. The molecule has 0 bridgehead atoms. The molecule has 0 atom stereocenters. The quantitative estimate of drug-likeness (QED) is 0.808.